The summed E-state index contributed by atoms with van der Waals surface area (Å²) in [6.07, 6.45) is 0. The molecule has 1 heterocycles. The summed E-state index contributed by atoms with van der Waals surface area (Å²) in [6, 6.07) is 12.5. The molecule has 21 heavy (non-hydrogen) atoms. The van der Waals surface area contributed by atoms with Gasteiger partial charge in [0.05, 0.1) is 7.11 Å². The topological polar surface area (TPSA) is 47.0 Å². The van der Waals surface area contributed by atoms with Gasteiger partial charge in [0, 0.05) is 23.4 Å². The highest BCUT2D eigenvalue weighted by Crippen LogP contribution is 2.31. The zero-order chi connectivity index (χ0) is 14.8. The lowest BCUT2D eigenvalue weighted by Gasteiger charge is -2.09. The summed E-state index contributed by atoms with van der Waals surface area (Å²) in [6.45, 7) is 0. The Morgan fingerprint density at radius 3 is 2.48 bits per heavy atom. The van der Waals surface area contributed by atoms with E-state index in [9.17, 15) is 4.39 Å². The Hall–Kier alpha value is -2.69. The van der Waals surface area contributed by atoms with Gasteiger partial charge in [-0.15, -0.1) is 10.2 Å². The van der Waals surface area contributed by atoms with Gasteiger partial charge in [0.15, 0.2) is 17.4 Å². The molecule has 3 rings (SSSR count). The van der Waals surface area contributed by atoms with Gasteiger partial charge in [-0.3, -0.25) is 0 Å². The molecular weight excluding hydrogens is 269 g/mol. The summed E-state index contributed by atoms with van der Waals surface area (Å²) in [5.41, 5.74) is 1.31. The quantitative estimate of drug-likeness (QED) is 0.799. The van der Waals surface area contributed by atoms with Gasteiger partial charge in [-0.2, -0.15) is 0 Å². The third kappa shape index (κ3) is 2.27. The number of rotatable bonds is 3. The average Bonchev–Trinajstić information content (AvgIpc) is 2.53. The van der Waals surface area contributed by atoms with Crippen molar-refractivity contribution in [3.8, 4) is 17.0 Å². The van der Waals surface area contributed by atoms with Gasteiger partial charge in [0.25, 0.3) is 0 Å². The Bertz CT molecular complexity index is 805. The van der Waals surface area contributed by atoms with Gasteiger partial charge < -0.3 is 10.1 Å². The van der Waals surface area contributed by atoms with Crippen molar-refractivity contribution in [1.82, 2.24) is 10.2 Å². The van der Waals surface area contributed by atoms with Crippen LogP contribution < -0.4 is 10.1 Å². The molecule has 0 saturated carbocycles. The van der Waals surface area contributed by atoms with Crippen molar-refractivity contribution in [3.63, 3.8) is 0 Å². The molecule has 0 atom stereocenters. The first kappa shape index (κ1) is 13.3. The molecule has 0 aliphatic carbocycles. The van der Waals surface area contributed by atoms with Crippen molar-refractivity contribution in [2.45, 2.75) is 0 Å². The second-order valence-electron chi connectivity index (χ2n) is 4.54. The normalized spacial score (nSPS) is 10.6. The molecule has 0 spiro atoms. The summed E-state index contributed by atoms with van der Waals surface area (Å²) in [7, 11) is 3.23. The number of methoxy groups -OCH3 is 1. The largest absolute Gasteiger partial charge is 0.494 e. The molecule has 2 aromatic carbocycles. The van der Waals surface area contributed by atoms with Crippen molar-refractivity contribution in [1.29, 1.82) is 0 Å². The molecule has 1 aromatic heterocycles. The van der Waals surface area contributed by atoms with E-state index in [0.29, 0.717) is 17.1 Å². The first-order valence-electron chi connectivity index (χ1n) is 6.51. The minimum atomic E-state index is -0.418. The highest BCUT2D eigenvalue weighted by Gasteiger charge is 2.12. The van der Waals surface area contributed by atoms with Crippen LogP contribution in [0.2, 0.25) is 0 Å². The molecule has 106 valence electrons. The minimum absolute atomic E-state index is 0.211. The number of hydrogen-bond donors (Lipinski definition) is 1. The minimum Gasteiger partial charge on any atom is -0.494 e. The summed E-state index contributed by atoms with van der Waals surface area (Å²) < 4.78 is 18.8. The second kappa shape index (κ2) is 5.36. The van der Waals surface area contributed by atoms with Crippen LogP contribution in [0.25, 0.3) is 22.0 Å². The smallest absolute Gasteiger partial charge is 0.165 e. The molecule has 0 saturated heterocycles. The van der Waals surface area contributed by atoms with Gasteiger partial charge >= 0.3 is 0 Å². The van der Waals surface area contributed by atoms with Gasteiger partial charge in [-0.1, -0.05) is 24.3 Å². The number of benzene rings is 2. The van der Waals surface area contributed by atoms with E-state index in [1.54, 1.807) is 19.2 Å². The van der Waals surface area contributed by atoms with E-state index in [1.165, 1.54) is 13.2 Å². The van der Waals surface area contributed by atoms with Crippen LogP contribution in [0.4, 0.5) is 10.2 Å². The predicted octanol–water partition coefficient (Wildman–Crippen LogP) is 3.49. The van der Waals surface area contributed by atoms with Crippen molar-refractivity contribution in [2.24, 2.45) is 0 Å². The fourth-order valence-corrected chi connectivity index (χ4v) is 2.32. The molecular formula is C16H14FN3O. The summed E-state index contributed by atoms with van der Waals surface area (Å²) in [5, 5.41) is 13.3. The molecule has 0 amide bonds. The first-order valence-corrected chi connectivity index (χ1v) is 6.51. The van der Waals surface area contributed by atoms with Crippen LogP contribution >= 0.6 is 0 Å². The monoisotopic (exact) mass is 283 g/mol. The van der Waals surface area contributed by atoms with Crippen molar-refractivity contribution >= 4 is 16.6 Å². The van der Waals surface area contributed by atoms with E-state index >= 15 is 0 Å². The molecule has 0 unspecified atom stereocenters. The molecule has 0 aliphatic heterocycles. The van der Waals surface area contributed by atoms with E-state index < -0.39 is 5.82 Å². The SMILES string of the molecule is CNc1nnc(-c2ccc(OC)c(F)c2)c2ccccc12. The van der Waals surface area contributed by atoms with Crippen molar-refractivity contribution in [3.05, 3.63) is 48.3 Å². The summed E-state index contributed by atoms with van der Waals surface area (Å²) in [5.74, 6) is 0.491. The molecule has 0 fully saturated rings. The highest BCUT2D eigenvalue weighted by atomic mass is 19.1. The van der Waals surface area contributed by atoms with Gasteiger partial charge in [0.2, 0.25) is 0 Å². The van der Waals surface area contributed by atoms with Gasteiger partial charge in [-0.25, -0.2) is 4.39 Å². The van der Waals surface area contributed by atoms with Gasteiger partial charge in [-0.05, 0) is 18.2 Å². The van der Waals surface area contributed by atoms with Crippen molar-refractivity contribution in [2.75, 3.05) is 19.5 Å². The number of fused-ring (bicyclic) bond motifs is 1. The summed E-state index contributed by atoms with van der Waals surface area (Å²) in [4.78, 5) is 0. The maximum absolute atomic E-state index is 13.9. The number of hydrogen-bond acceptors (Lipinski definition) is 4. The fourth-order valence-electron chi connectivity index (χ4n) is 2.32. The van der Waals surface area contributed by atoms with E-state index in [4.69, 9.17) is 4.74 Å². The maximum atomic E-state index is 13.9. The number of anilines is 1. The van der Waals surface area contributed by atoms with Crippen LogP contribution in [0.15, 0.2) is 42.5 Å². The number of nitrogens with zero attached hydrogens (tertiary/aromatic N) is 2. The number of aromatic nitrogens is 2. The zero-order valence-electron chi connectivity index (χ0n) is 11.7. The lowest BCUT2D eigenvalue weighted by Crippen LogP contribution is -1.98. The molecule has 1 N–H and O–H groups in total. The van der Waals surface area contributed by atoms with Crippen LogP contribution in [0.3, 0.4) is 0 Å². The van der Waals surface area contributed by atoms with Crippen LogP contribution in [-0.2, 0) is 0 Å². The van der Waals surface area contributed by atoms with Crippen molar-refractivity contribution < 1.29 is 9.13 Å². The van der Waals surface area contributed by atoms with E-state index in [0.717, 1.165) is 10.8 Å². The van der Waals surface area contributed by atoms with E-state index in [2.05, 4.69) is 15.5 Å². The molecule has 0 aliphatic rings. The van der Waals surface area contributed by atoms with Crippen LogP contribution in [0, 0.1) is 5.82 Å². The fraction of sp³-hybridized carbons (Fsp3) is 0.125. The lowest BCUT2D eigenvalue weighted by molar-refractivity contribution is 0.386. The average molecular weight is 283 g/mol. The van der Waals surface area contributed by atoms with Crippen LogP contribution in [-0.4, -0.2) is 24.4 Å². The summed E-state index contributed by atoms with van der Waals surface area (Å²) >= 11 is 0. The molecule has 0 radical (unpaired) electrons. The molecule has 0 bridgehead atoms. The Kier molecular flexibility index (Phi) is 3.39. The first-order chi connectivity index (χ1) is 10.2. The number of ether oxygens (including phenoxy) is 1. The third-order valence-corrected chi connectivity index (χ3v) is 3.35. The highest BCUT2D eigenvalue weighted by molar-refractivity contribution is 5.99. The Morgan fingerprint density at radius 2 is 1.81 bits per heavy atom. The third-order valence-electron chi connectivity index (χ3n) is 3.35. The van der Waals surface area contributed by atoms with Crippen LogP contribution in [0.1, 0.15) is 0 Å². The predicted molar refractivity (Wildman–Crippen MR) is 81.0 cm³/mol. The zero-order valence-corrected chi connectivity index (χ0v) is 11.7. The standard InChI is InChI=1S/C16H14FN3O/c1-18-16-12-6-4-3-5-11(12)15(19-20-16)10-7-8-14(21-2)13(17)9-10/h3-9H,1-2H3,(H,18,20). The Morgan fingerprint density at radius 1 is 1.05 bits per heavy atom. The molecule has 4 nitrogen and oxygen atoms in total. The lowest BCUT2D eigenvalue weighted by atomic mass is 10.0. The number of halogens is 1. The second-order valence-corrected chi connectivity index (χ2v) is 4.54. The van der Waals surface area contributed by atoms with Gasteiger partial charge in [0.1, 0.15) is 5.69 Å². The van der Waals surface area contributed by atoms with Crippen LogP contribution in [0.5, 0.6) is 5.75 Å². The van der Waals surface area contributed by atoms with E-state index in [-0.39, 0.29) is 5.75 Å². The maximum Gasteiger partial charge on any atom is 0.165 e. The molecule has 5 heteroatoms. The Balaban J connectivity index is 2.23. The van der Waals surface area contributed by atoms with E-state index in [1.807, 2.05) is 24.3 Å². The Labute approximate surface area is 121 Å². The number of nitrogens with one attached hydrogen (secondary N) is 1. The molecule has 3 aromatic rings.